The van der Waals surface area contributed by atoms with Crippen molar-refractivity contribution in [2.45, 2.75) is 39.3 Å². The minimum Gasteiger partial charge on any atom is -0.493 e. The first-order valence-electron chi connectivity index (χ1n) is 9.98. The molecule has 0 bridgehead atoms. The van der Waals surface area contributed by atoms with Gasteiger partial charge in [-0.25, -0.2) is 0 Å². The van der Waals surface area contributed by atoms with Gasteiger partial charge in [0.05, 0.1) is 42.5 Å². The van der Waals surface area contributed by atoms with E-state index >= 15 is 0 Å². The number of nitrogens with one attached hydrogen (secondary N) is 1. The molecule has 168 valence electrons. The number of methoxy groups -OCH3 is 1. The van der Waals surface area contributed by atoms with Gasteiger partial charge in [-0.3, -0.25) is 24.1 Å². The van der Waals surface area contributed by atoms with Crippen LogP contribution in [0.2, 0.25) is 0 Å². The summed E-state index contributed by atoms with van der Waals surface area (Å²) in [5.74, 6) is -2.09. The molecule has 1 atom stereocenters. The summed E-state index contributed by atoms with van der Waals surface area (Å²) < 4.78 is 11.1. The molecule has 1 aliphatic rings. The molecule has 9 heteroatoms. The zero-order valence-electron chi connectivity index (χ0n) is 18.2. The number of ether oxygens (including phenoxy) is 2. The molecular formula is C23H24N2O7. The normalized spacial score (nSPS) is 13.7. The highest BCUT2D eigenvalue weighted by atomic mass is 16.5. The molecule has 3 rings (SSSR count). The van der Waals surface area contributed by atoms with Crippen LogP contribution in [0.4, 0.5) is 5.69 Å². The van der Waals surface area contributed by atoms with Gasteiger partial charge in [-0.2, -0.15) is 0 Å². The van der Waals surface area contributed by atoms with Crippen LogP contribution in [-0.2, 0) is 9.59 Å². The Morgan fingerprint density at radius 2 is 1.81 bits per heavy atom. The lowest BCUT2D eigenvalue weighted by molar-refractivity contribution is -0.138. The number of carboxylic acid groups (broad SMARTS) is 1. The molecule has 2 N–H and O–H groups in total. The Kier molecular flexibility index (Phi) is 6.47. The summed E-state index contributed by atoms with van der Waals surface area (Å²) >= 11 is 0. The highest BCUT2D eigenvalue weighted by Gasteiger charge is 2.43. The third-order valence-corrected chi connectivity index (χ3v) is 4.87. The second-order valence-corrected chi connectivity index (χ2v) is 7.58. The van der Waals surface area contributed by atoms with E-state index in [1.165, 1.54) is 26.2 Å². The molecule has 3 amide bonds. The van der Waals surface area contributed by atoms with Crippen LogP contribution in [0.5, 0.6) is 11.5 Å². The van der Waals surface area contributed by atoms with Crippen molar-refractivity contribution in [1.82, 2.24) is 4.90 Å². The molecule has 0 aromatic heterocycles. The molecule has 2 aromatic rings. The molecule has 32 heavy (non-hydrogen) atoms. The maximum Gasteiger partial charge on any atom is 0.305 e. The number of nitrogens with zero attached hydrogens (tertiary/aromatic N) is 1. The lowest BCUT2D eigenvalue weighted by Gasteiger charge is -2.26. The first kappa shape index (κ1) is 22.8. The van der Waals surface area contributed by atoms with Crippen molar-refractivity contribution < 1.29 is 33.8 Å². The van der Waals surface area contributed by atoms with E-state index in [-0.39, 0.29) is 22.9 Å². The first-order valence-corrected chi connectivity index (χ1v) is 9.98. The minimum absolute atomic E-state index is 0.0373. The van der Waals surface area contributed by atoms with Crippen LogP contribution in [0.3, 0.4) is 0 Å². The SMILES string of the molecule is COc1ccc(C(CC(=O)O)N2C(=O)c3cccc(NC(C)=O)c3C2=O)cc1OC(C)C. The average molecular weight is 440 g/mol. The van der Waals surface area contributed by atoms with Gasteiger partial charge < -0.3 is 19.9 Å². The number of rotatable bonds is 8. The molecule has 9 nitrogen and oxygen atoms in total. The molecule has 1 aliphatic heterocycles. The van der Waals surface area contributed by atoms with E-state index in [1.54, 1.807) is 24.3 Å². The fraction of sp³-hybridized carbons (Fsp3) is 0.304. The predicted octanol–water partition coefficient (Wildman–Crippen LogP) is 3.25. The van der Waals surface area contributed by atoms with Crippen LogP contribution in [0.1, 0.15) is 59.5 Å². The van der Waals surface area contributed by atoms with Gasteiger partial charge in [0.2, 0.25) is 5.91 Å². The molecule has 0 aliphatic carbocycles. The number of carboxylic acids is 1. The van der Waals surface area contributed by atoms with Crippen LogP contribution < -0.4 is 14.8 Å². The molecule has 2 aromatic carbocycles. The molecule has 0 saturated heterocycles. The average Bonchev–Trinajstić information content (AvgIpc) is 2.96. The second kappa shape index (κ2) is 9.09. The van der Waals surface area contributed by atoms with Crippen LogP contribution >= 0.6 is 0 Å². The molecule has 0 spiro atoms. The molecule has 0 saturated carbocycles. The number of anilines is 1. The maximum atomic E-state index is 13.3. The van der Waals surface area contributed by atoms with E-state index in [0.717, 1.165) is 4.90 Å². The number of hydrogen-bond donors (Lipinski definition) is 2. The lowest BCUT2D eigenvalue weighted by atomic mass is 10.0. The maximum absolute atomic E-state index is 13.3. The van der Waals surface area contributed by atoms with Crippen molar-refractivity contribution in [2.75, 3.05) is 12.4 Å². The summed E-state index contributed by atoms with van der Waals surface area (Å²) in [4.78, 5) is 50.6. The van der Waals surface area contributed by atoms with Crippen LogP contribution in [0.15, 0.2) is 36.4 Å². The predicted molar refractivity (Wildman–Crippen MR) is 115 cm³/mol. The van der Waals surface area contributed by atoms with Crippen molar-refractivity contribution in [3.05, 3.63) is 53.1 Å². The Hall–Kier alpha value is -3.88. The summed E-state index contributed by atoms with van der Waals surface area (Å²) in [5, 5.41) is 12.1. The van der Waals surface area contributed by atoms with Crippen molar-refractivity contribution in [3.8, 4) is 11.5 Å². The van der Waals surface area contributed by atoms with Gasteiger partial charge in [-0.15, -0.1) is 0 Å². The van der Waals surface area contributed by atoms with Crippen molar-refractivity contribution >= 4 is 29.4 Å². The number of carbonyl (C=O) groups excluding carboxylic acids is 3. The number of fused-ring (bicyclic) bond motifs is 1. The quantitative estimate of drug-likeness (QED) is 0.604. The smallest absolute Gasteiger partial charge is 0.305 e. The van der Waals surface area contributed by atoms with E-state index in [4.69, 9.17) is 9.47 Å². The highest BCUT2D eigenvalue weighted by Crippen LogP contribution is 2.39. The minimum atomic E-state index is -1.18. The van der Waals surface area contributed by atoms with Gasteiger partial charge in [0.15, 0.2) is 11.5 Å². The molecule has 0 radical (unpaired) electrons. The van der Waals surface area contributed by atoms with E-state index in [2.05, 4.69) is 5.32 Å². The van der Waals surface area contributed by atoms with Gasteiger partial charge in [0.1, 0.15) is 0 Å². The molecule has 1 unspecified atom stereocenters. The summed E-state index contributed by atoms with van der Waals surface area (Å²) in [5.41, 5.74) is 0.738. The number of imide groups is 1. The van der Waals surface area contributed by atoms with Gasteiger partial charge >= 0.3 is 5.97 Å². The monoisotopic (exact) mass is 440 g/mol. The van der Waals surface area contributed by atoms with Crippen molar-refractivity contribution in [1.29, 1.82) is 0 Å². The van der Waals surface area contributed by atoms with Crippen LogP contribution in [-0.4, -0.2) is 46.9 Å². The van der Waals surface area contributed by atoms with Gasteiger partial charge in [-0.1, -0.05) is 12.1 Å². The first-order chi connectivity index (χ1) is 15.1. The summed E-state index contributed by atoms with van der Waals surface area (Å²) in [6.07, 6.45) is -0.689. The second-order valence-electron chi connectivity index (χ2n) is 7.58. The van der Waals surface area contributed by atoms with E-state index in [0.29, 0.717) is 17.1 Å². The van der Waals surface area contributed by atoms with Gasteiger partial charge in [-0.05, 0) is 43.7 Å². The van der Waals surface area contributed by atoms with Crippen LogP contribution in [0, 0.1) is 0 Å². The number of hydrogen-bond acceptors (Lipinski definition) is 6. The zero-order chi connectivity index (χ0) is 23.6. The van der Waals surface area contributed by atoms with Crippen LogP contribution in [0.25, 0.3) is 0 Å². The van der Waals surface area contributed by atoms with Gasteiger partial charge in [0.25, 0.3) is 11.8 Å². The Bertz CT molecular complexity index is 1090. The van der Waals surface area contributed by atoms with Crippen molar-refractivity contribution in [2.24, 2.45) is 0 Å². The number of benzene rings is 2. The fourth-order valence-electron chi connectivity index (χ4n) is 3.65. The standard InChI is InChI=1S/C23H24N2O7/c1-12(2)32-19-10-14(8-9-18(19)31-4)17(11-20(27)28)25-22(29)15-6-5-7-16(24-13(3)26)21(15)23(25)30/h5-10,12,17H,11H2,1-4H3,(H,24,26)(H,27,28). The topological polar surface area (TPSA) is 122 Å². The largest absolute Gasteiger partial charge is 0.493 e. The van der Waals surface area contributed by atoms with Crippen molar-refractivity contribution in [3.63, 3.8) is 0 Å². The Morgan fingerprint density at radius 1 is 1.09 bits per heavy atom. The Morgan fingerprint density at radius 3 is 2.41 bits per heavy atom. The van der Waals surface area contributed by atoms with E-state index in [9.17, 15) is 24.3 Å². The molecule has 0 fully saturated rings. The zero-order valence-corrected chi connectivity index (χ0v) is 18.2. The highest BCUT2D eigenvalue weighted by molar-refractivity contribution is 6.24. The molecular weight excluding hydrogens is 416 g/mol. The Balaban J connectivity index is 2.09. The lowest BCUT2D eigenvalue weighted by Crippen LogP contribution is -2.35. The van der Waals surface area contributed by atoms with E-state index < -0.39 is 36.2 Å². The van der Waals surface area contributed by atoms with E-state index in [1.807, 2.05) is 13.8 Å². The third-order valence-electron chi connectivity index (χ3n) is 4.87. The number of aliphatic carboxylic acids is 1. The molecule has 1 heterocycles. The number of carbonyl (C=O) groups is 4. The number of amides is 3. The summed E-state index contributed by atoms with van der Waals surface area (Å²) in [6, 6.07) is 8.21. The summed E-state index contributed by atoms with van der Waals surface area (Å²) in [6.45, 7) is 4.95. The Labute approximate surface area is 184 Å². The summed E-state index contributed by atoms with van der Waals surface area (Å²) in [7, 11) is 1.48. The third kappa shape index (κ3) is 4.41. The fourth-order valence-corrected chi connectivity index (χ4v) is 3.65. The van der Waals surface area contributed by atoms with Gasteiger partial charge in [0, 0.05) is 6.92 Å².